The number of para-hydroxylation sites is 1. The minimum absolute atomic E-state index is 0.184. The minimum Gasteiger partial charge on any atom is -0.338 e. The zero-order valence-electron chi connectivity index (χ0n) is 8.68. The van der Waals surface area contributed by atoms with E-state index in [0.29, 0.717) is 0 Å². The van der Waals surface area contributed by atoms with Gasteiger partial charge in [0, 0.05) is 12.4 Å². The van der Waals surface area contributed by atoms with Crippen molar-refractivity contribution < 1.29 is 18.0 Å². The molecule has 0 amide bonds. The van der Waals surface area contributed by atoms with E-state index in [9.17, 15) is 18.0 Å². The molecule has 0 bridgehead atoms. The highest BCUT2D eigenvalue weighted by Gasteiger charge is 2.38. The van der Waals surface area contributed by atoms with Gasteiger partial charge < -0.3 is 4.57 Å². The van der Waals surface area contributed by atoms with Crippen molar-refractivity contribution in [3.8, 4) is 0 Å². The number of benzene rings is 1. The van der Waals surface area contributed by atoms with Crippen LogP contribution < -0.4 is 0 Å². The Kier molecular flexibility index (Phi) is 2.66. The van der Waals surface area contributed by atoms with Crippen LogP contribution in [0.4, 0.5) is 13.2 Å². The average Bonchev–Trinajstić information content (AvgIpc) is 2.52. The van der Waals surface area contributed by atoms with E-state index in [1.807, 2.05) is 0 Å². The Morgan fingerprint density at radius 3 is 2.53 bits per heavy atom. The zero-order valence-corrected chi connectivity index (χ0v) is 9.43. The van der Waals surface area contributed by atoms with Gasteiger partial charge in [-0.2, -0.15) is 13.2 Å². The summed E-state index contributed by atoms with van der Waals surface area (Å²) in [5.41, 5.74) is -1.14. The van der Waals surface area contributed by atoms with Crippen molar-refractivity contribution in [2.75, 3.05) is 0 Å². The summed E-state index contributed by atoms with van der Waals surface area (Å²) in [6.07, 6.45) is -4.38. The van der Waals surface area contributed by atoms with Crippen LogP contribution in [0.1, 0.15) is 16.1 Å². The molecule has 1 heterocycles. The molecule has 90 valence electrons. The van der Waals surface area contributed by atoms with E-state index in [1.54, 1.807) is 0 Å². The third-order valence-corrected chi connectivity index (χ3v) is 2.89. The molecular weight excluding hydrogens is 255 g/mol. The molecule has 17 heavy (non-hydrogen) atoms. The van der Waals surface area contributed by atoms with Crippen molar-refractivity contribution in [1.82, 2.24) is 4.57 Å². The summed E-state index contributed by atoms with van der Waals surface area (Å²) in [6.45, 7) is 0. The molecule has 0 aliphatic rings. The number of carbonyl (C=O) groups is 1. The number of carbonyl (C=O) groups excluding carboxylic acids is 1. The van der Waals surface area contributed by atoms with Crippen LogP contribution in [0.5, 0.6) is 0 Å². The average molecular weight is 262 g/mol. The second kappa shape index (κ2) is 3.77. The lowest BCUT2D eigenvalue weighted by atomic mass is 10.1. The molecule has 0 N–H and O–H groups in total. The van der Waals surface area contributed by atoms with E-state index in [-0.39, 0.29) is 27.8 Å². The van der Waals surface area contributed by atoms with E-state index in [1.165, 1.54) is 25.2 Å². The molecule has 0 aliphatic carbocycles. The fourth-order valence-corrected chi connectivity index (χ4v) is 2.26. The Balaban J connectivity index is 2.99. The molecule has 2 nitrogen and oxygen atoms in total. The Morgan fingerprint density at radius 2 is 2.00 bits per heavy atom. The lowest BCUT2D eigenvalue weighted by Crippen LogP contribution is -2.13. The van der Waals surface area contributed by atoms with Crippen LogP contribution in [-0.4, -0.2) is 10.9 Å². The number of hydrogen-bond donors (Lipinski definition) is 0. The fourth-order valence-electron chi connectivity index (χ4n) is 1.96. The van der Waals surface area contributed by atoms with Crippen molar-refractivity contribution in [2.45, 2.75) is 6.18 Å². The Bertz CT molecular complexity index is 601. The van der Waals surface area contributed by atoms with Crippen LogP contribution in [0.15, 0.2) is 18.2 Å². The first-order valence-corrected chi connectivity index (χ1v) is 5.05. The van der Waals surface area contributed by atoms with Gasteiger partial charge in [-0.3, -0.25) is 4.79 Å². The molecule has 0 radical (unpaired) electrons. The lowest BCUT2D eigenvalue weighted by Gasteiger charge is -2.09. The third kappa shape index (κ3) is 1.70. The predicted molar refractivity (Wildman–Crippen MR) is 58.3 cm³/mol. The first kappa shape index (κ1) is 12.0. The molecule has 0 spiro atoms. The molecule has 1 aromatic heterocycles. The molecule has 0 fully saturated rings. The molecule has 0 atom stereocenters. The van der Waals surface area contributed by atoms with Crippen LogP contribution in [0.3, 0.4) is 0 Å². The van der Waals surface area contributed by atoms with Crippen LogP contribution in [0, 0.1) is 0 Å². The lowest BCUT2D eigenvalue weighted by molar-refractivity contribution is -0.143. The van der Waals surface area contributed by atoms with Gasteiger partial charge in [-0.25, -0.2) is 0 Å². The standard InChI is InChI=1S/C11H7ClF3NO/c1-16-9-6(3-2-4-8(9)12)7(5-17)10(16)11(13,14)15/h2-5H,1H3. The summed E-state index contributed by atoms with van der Waals surface area (Å²) >= 11 is 5.85. The minimum atomic E-state index is -4.59. The largest absolute Gasteiger partial charge is 0.432 e. The van der Waals surface area contributed by atoms with Gasteiger partial charge in [-0.1, -0.05) is 23.7 Å². The number of alkyl halides is 3. The SMILES string of the molecule is Cn1c(C(F)(F)F)c(C=O)c2cccc(Cl)c21. The molecule has 0 unspecified atom stereocenters. The molecule has 1 aromatic carbocycles. The molecular formula is C11H7ClF3NO. The number of aromatic nitrogens is 1. The fraction of sp³-hybridized carbons (Fsp3) is 0.182. The molecule has 0 saturated heterocycles. The number of nitrogens with zero attached hydrogens (tertiary/aromatic N) is 1. The summed E-state index contributed by atoms with van der Waals surface area (Å²) in [6, 6.07) is 4.44. The van der Waals surface area contributed by atoms with Gasteiger partial charge in [0.05, 0.1) is 16.1 Å². The second-order valence-electron chi connectivity index (χ2n) is 3.57. The van der Waals surface area contributed by atoms with E-state index in [2.05, 4.69) is 0 Å². The molecule has 2 aromatic rings. The Labute approximate surface area is 99.6 Å². The second-order valence-corrected chi connectivity index (χ2v) is 3.98. The molecule has 2 rings (SSSR count). The molecule has 0 saturated carbocycles. The van der Waals surface area contributed by atoms with Gasteiger partial charge in [-0.05, 0) is 6.07 Å². The normalized spacial score (nSPS) is 12.1. The third-order valence-electron chi connectivity index (χ3n) is 2.59. The highest BCUT2D eigenvalue weighted by atomic mass is 35.5. The van der Waals surface area contributed by atoms with E-state index < -0.39 is 11.9 Å². The molecule has 0 aliphatic heterocycles. The highest BCUT2D eigenvalue weighted by molar-refractivity contribution is 6.35. The first-order chi connectivity index (χ1) is 7.88. The van der Waals surface area contributed by atoms with Crippen LogP contribution in [0.2, 0.25) is 5.02 Å². The van der Waals surface area contributed by atoms with Gasteiger partial charge in [0.15, 0.2) is 6.29 Å². The van der Waals surface area contributed by atoms with Gasteiger partial charge in [0.1, 0.15) is 5.69 Å². The number of aryl methyl sites for hydroxylation is 1. The number of fused-ring (bicyclic) bond motifs is 1. The number of halogens is 4. The summed E-state index contributed by atoms with van der Waals surface area (Å²) in [4.78, 5) is 10.9. The Morgan fingerprint density at radius 1 is 1.35 bits per heavy atom. The monoisotopic (exact) mass is 261 g/mol. The zero-order chi connectivity index (χ0) is 12.8. The van der Waals surface area contributed by atoms with Gasteiger partial charge in [0.25, 0.3) is 0 Å². The van der Waals surface area contributed by atoms with Gasteiger partial charge in [0.2, 0.25) is 0 Å². The topological polar surface area (TPSA) is 22.0 Å². The van der Waals surface area contributed by atoms with Crippen molar-refractivity contribution in [1.29, 1.82) is 0 Å². The number of hydrogen-bond acceptors (Lipinski definition) is 1. The summed E-state index contributed by atoms with van der Waals surface area (Å²) < 4.78 is 39.4. The maximum atomic E-state index is 12.8. The smallest absolute Gasteiger partial charge is 0.338 e. The predicted octanol–water partition coefficient (Wildman–Crippen LogP) is 3.66. The van der Waals surface area contributed by atoms with Crippen molar-refractivity contribution >= 4 is 28.8 Å². The van der Waals surface area contributed by atoms with Crippen LogP contribution >= 0.6 is 11.6 Å². The van der Waals surface area contributed by atoms with E-state index >= 15 is 0 Å². The highest BCUT2D eigenvalue weighted by Crippen LogP contribution is 2.38. The number of aldehydes is 1. The van der Waals surface area contributed by atoms with Crippen molar-refractivity contribution in [2.24, 2.45) is 7.05 Å². The number of rotatable bonds is 1. The van der Waals surface area contributed by atoms with E-state index in [4.69, 9.17) is 11.6 Å². The maximum absolute atomic E-state index is 12.8. The molecule has 6 heteroatoms. The first-order valence-electron chi connectivity index (χ1n) is 4.67. The quantitative estimate of drug-likeness (QED) is 0.718. The van der Waals surface area contributed by atoms with Crippen LogP contribution in [-0.2, 0) is 13.2 Å². The van der Waals surface area contributed by atoms with Crippen LogP contribution in [0.25, 0.3) is 10.9 Å². The van der Waals surface area contributed by atoms with Gasteiger partial charge in [-0.15, -0.1) is 0 Å². The van der Waals surface area contributed by atoms with Crippen molar-refractivity contribution in [3.05, 3.63) is 34.5 Å². The summed E-state index contributed by atoms with van der Waals surface area (Å²) in [5, 5.41) is 0.394. The van der Waals surface area contributed by atoms with Gasteiger partial charge >= 0.3 is 6.18 Å². The summed E-state index contributed by atoms with van der Waals surface area (Å²) in [5.74, 6) is 0. The van der Waals surface area contributed by atoms with Crippen molar-refractivity contribution in [3.63, 3.8) is 0 Å². The maximum Gasteiger partial charge on any atom is 0.432 e. The summed E-state index contributed by atoms with van der Waals surface area (Å²) in [7, 11) is 1.24. The van der Waals surface area contributed by atoms with E-state index in [0.717, 1.165) is 4.57 Å². The Hall–Kier alpha value is -1.49.